The van der Waals surface area contributed by atoms with Crippen molar-refractivity contribution in [2.75, 3.05) is 11.9 Å². The first-order valence-corrected chi connectivity index (χ1v) is 12.1. The van der Waals surface area contributed by atoms with Crippen molar-refractivity contribution in [1.29, 1.82) is 0 Å². The van der Waals surface area contributed by atoms with Gasteiger partial charge in [-0.15, -0.1) is 0 Å². The predicted octanol–water partition coefficient (Wildman–Crippen LogP) is 6.56. The van der Waals surface area contributed by atoms with E-state index in [0.29, 0.717) is 26.9 Å². The van der Waals surface area contributed by atoms with Crippen LogP contribution in [0.1, 0.15) is 16.7 Å². The van der Waals surface area contributed by atoms with E-state index in [1.165, 1.54) is 4.90 Å². The molecule has 3 aromatic carbocycles. The smallest absolute Gasteiger partial charge is 0.293 e. The third-order valence-electron chi connectivity index (χ3n) is 5.08. The summed E-state index contributed by atoms with van der Waals surface area (Å²) in [5, 5.41) is 3.27. The predicted molar refractivity (Wildman–Crippen MR) is 140 cm³/mol. The molecule has 0 radical (unpaired) electrons. The number of halogens is 2. The van der Waals surface area contributed by atoms with Gasteiger partial charge in [0.2, 0.25) is 0 Å². The van der Waals surface area contributed by atoms with Crippen molar-refractivity contribution in [3.8, 4) is 5.75 Å². The number of benzene rings is 3. The number of nitrogens with one attached hydrogen (secondary N) is 1. The highest BCUT2D eigenvalue weighted by molar-refractivity contribution is 8.18. The van der Waals surface area contributed by atoms with Crippen molar-refractivity contribution in [2.45, 2.75) is 13.5 Å². The van der Waals surface area contributed by atoms with Gasteiger partial charge in [0.1, 0.15) is 5.75 Å². The van der Waals surface area contributed by atoms with E-state index in [-0.39, 0.29) is 35.2 Å². The lowest BCUT2D eigenvalue weighted by Gasteiger charge is -2.12. The summed E-state index contributed by atoms with van der Waals surface area (Å²) in [4.78, 5) is 38.8. The maximum Gasteiger partial charge on any atom is 0.293 e. The number of hydrogen-bond acceptors (Lipinski definition) is 5. The Morgan fingerprint density at radius 1 is 1.03 bits per heavy atom. The van der Waals surface area contributed by atoms with Crippen LogP contribution in [-0.4, -0.2) is 28.6 Å². The molecule has 3 aromatic rings. The van der Waals surface area contributed by atoms with Gasteiger partial charge < -0.3 is 10.1 Å². The number of hydrogen-bond donors (Lipinski definition) is 1. The lowest BCUT2D eigenvalue weighted by atomic mass is 10.2. The van der Waals surface area contributed by atoms with E-state index in [1.807, 2.05) is 31.2 Å². The van der Waals surface area contributed by atoms with Crippen LogP contribution in [0.2, 0.25) is 10.0 Å². The molecule has 1 heterocycles. The molecular weight excluding hydrogens is 507 g/mol. The molecule has 6 nitrogen and oxygen atoms in total. The number of aryl methyl sites for hydroxylation is 1. The summed E-state index contributed by atoms with van der Waals surface area (Å²) < 4.78 is 5.54. The number of carbonyl (C=O) groups excluding carboxylic acids is 3. The third kappa shape index (κ3) is 6.45. The van der Waals surface area contributed by atoms with Crippen molar-refractivity contribution in [3.05, 3.63) is 98.4 Å². The number of ether oxygens (including phenoxy) is 1. The number of nitrogens with zero attached hydrogens (tertiary/aromatic N) is 1. The van der Waals surface area contributed by atoms with Crippen LogP contribution in [0.25, 0.3) is 6.08 Å². The van der Waals surface area contributed by atoms with Gasteiger partial charge in [-0.3, -0.25) is 19.3 Å². The highest BCUT2D eigenvalue weighted by atomic mass is 35.5. The summed E-state index contributed by atoms with van der Waals surface area (Å²) in [6.07, 6.45) is 1.60. The van der Waals surface area contributed by atoms with Gasteiger partial charge in [-0.2, -0.15) is 0 Å². The van der Waals surface area contributed by atoms with Crippen LogP contribution in [0.3, 0.4) is 0 Å². The molecule has 0 spiro atoms. The highest BCUT2D eigenvalue weighted by Gasteiger charge is 2.35. The van der Waals surface area contributed by atoms with Crippen LogP contribution in [-0.2, 0) is 16.1 Å². The van der Waals surface area contributed by atoms with Gasteiger partial charge in [-0.05, 0) is 72.3 Å². The summed E-state index contributed by atoms with van der Waals surface area (Å²) >= 11 is 13.1. The molecule has 1 fully saturated rings. The molecule has 0 unspecified atom stereocenters. The maximum atomic E-state index is 12.8. The van der Waals surface area contributed by atoms with Gasteiger partial charge in [0.25, 0.3) is 17.1 Å². The second-order valence-corrected chi connectivity index (χ2v) is 9.62. The summed E-state index contributed by atoms with van der Waals surface area (Å²) in [5.74, 6) is -0.360. The van der Waals surface area contributed by atoms with Crippen LogP contribution in [0.5, 0.6) is 5.75 Å². The zero-order valence-corrected chi connectivity index (χ0v) is 20.9. The Kier molecular flexibility index (Phi) is 7.80. The van der Waals surface area contributed by atoms with Gasteiger partial charge >= 0.3 is 0 Å². The fourth-order valence-corrected chi connectivity index (χ4v) is 4.47. The lowest BCUT2D eigenvalue weighted by Crippen LogP contribution is -2.27. The molecule has 178 valence electrons. The van der Waals surface area contributed by atoms with E-state index in [0.717, 1.165) is 22.9 Å². The number of anilines is 1. The molecule has 4 rings (SSSR count). The van der Waals surface area contributed by atoms with Crippen LogP contribution >= 0.6 is 35.0 Å². The summed E-state index contributed by atoms with van der Waals surface area (Å²) in [5.41, 5.74) is 3.20. The van der Waals surface area contributed by atoms with Crippen LogP contribution in [0, 0.1) is 6.92 Å². The molecule has 1 N–H and O–H groups in total. The Morgan fingerprint density at radius 2 is 1.74 bits per heavy atom. The van der Waals surface area contributed by atoms with E-state index in [9.17, 15) is 14.4 Å². The largest absolute Gasteiger partial charge is 0.482 e. The minimum Gasteiger partial charge on any atom is -0.482 e. The van der Waals surface area contributed by atoms with Crippen molar-refractivity contribution in [3.63, 3.8) is 0 Å². The number of amides is 3. The molecule has 0 aliphatic carbocycles. The van der Waals surface area contributed by atoms with Crippen LogP contribution in [0.4, 0.5) is 10.5 Å². The quantitative estimate of drug-likeness (QED) is 0.353. The number of thioether (sulfide) groups is 1. The third-order valence-corrected chi connectivity index (χ3v) is 6.53. The SMILES string of the molecule is Cc1ccc(NC(=O)COc2ccc(/C=C3/SC(=O)N(Cc4ccc(Cl)cc4)C3=O)cc2Cl)cc1. The summed E-state index contributed by atoms with van der Waals surface area (Å²) in [6, 6.07) is 19.3. The summed E-state index contributed by atoms with van der Waals surface area (Å²) in [7, 11) is 0. The van der Waals surface area contributed by atoms with E-state index < -0.39 is 0 Å². The monoisotopic (exact) mass is 526 g/mol. The number of rotatable bonds is 7. The average molecular weight is 527 g/mol. The van der Waals surface area contributed by atoms with Gasteiger partial charge in [0.15, 0.2) is 6.61 Å². The average Bonchev–Trinajstić information content (AvgIpc) is 3.08. The maximum absolute atomic E-state index is 12.8. The normalized spacial score (nSPS) is 14.5. The van der Waals surface area contributed by atoms with E-state index in [1.54, 1.807) is 48.5 Å². The molecular formula is C26H20Cl2N2O4S. The molecule has 0 atom stereocenters. The second kappa shape index (κ2) is 11.0. The Morgan fingerprint density at radius 3 is 2.43 bits per heavy atom. The van der Waals surface area contributed by atoms with Crippen molar-refractivity contribution >= 4 is 63.8 Å². The minimum absolute atomic E-state index is 0.164. The Labute approximate surface area is 216 Å². The van der Waals surface area contributed by atoms with Crippen LogP contribution < -0.4 is 10.1 Å². The van der Waals surface area contributed by atoms with Crippen molar-refractivity contribution in [1.82, 2.24) is 4.90 Å². The first-order valence-electron chi connectivity index (χ1n) is 10.6. The fraction of sp³-hybridized carbons (Fsp3) is 0.115. The second-order valence-electron chi connectivity index (χ2n) is 7.79. The zero-order valence-electron chi connectivity index (χ0n) is 18.6. The van der Waals surface area contributed by atoms with Gasteiger partial charge in [-0.1, -0.05) is 59.1 Å². The summed E-state index contributed by atoms with van der Waals surface area (Å²) in [6.45, 7) is 1.92. The Hall–Kier alpha value is -3.26. The van der Waals surface area contributed by atoms with Gasteiger partial charge in [0, 0.05) is 10.7 Å². The molecule has 1 saturated heterocycles. The topological polar surface area (TPSA) is 75.7 Å². The molecule has 0 aromatic heterocycles. The molecule has 0 bridgehead atoms. The highest BCUT2D eigenvalue weighted by Crippen LogP contribution is 2.34. The molecule has 35 heavy (non-hydrogen) atoms. The Bertz CT molecular complexity index is 1310. The van der Waals surface area contributed by atoms with E-state index in [4.69, 9.17) is 27.9 Å². The van der Waals surface area contributed by atoms with Gasteiger partial charge in [0.05, 0.1) is 16.5 Å². The minimum atomic E-state index is -0.376. The van der Waals surface area contributed by atoms with E-state index in [2.05, 4.69) is 5.32 Å². The molecule has 1 aliphatic rings. The van der Waals surface area contributed by atoms with Crippen molar-refractivity contribution < 1.29 is 19.1 Å². The van der Waals surface area contributed by atoms with Gasteiger partial charge in [-0.25, -0.2) is 0 Å². The number of carbonyl (C=O) groups is 3. The zero-order chi connectivity index (χ0) is 24.9. The lowest BCUT2D eigenvalue weighted by molar-refractivity contribution is -0.123. The number of imide groups is 1. The molecule has 1 aliphatic heterocycles. The van der Waals surface area contributed by atoms with E-state index >= 15 is 0 Å². The molecule has 0 saturated carbocycles. The fourth-order valence-electron chi connectivity index (χ4n) is 3.26. The standard InChI is InChI=1S/C26H20Cl2N2O4S/c1-16-2-9-20(10-3-16)29-24(31)15-34-22-11-6-18(12-21(22)28)13-23-25(32)30(26(33)35-23)14-17-4-7-19(27)8-5-17/h2-13H,14-15H2,1H3,(H,29,31)/b23-13+. The van der Waals surface area contributed by atoms with Crippen molar-refractivity contribution in [2.24, 2.45) is 0 Å². The Balaban J connectivity index is 1.37. The van der Waals surface area contributed by atoms with Crippen LogP contribution in [0.15, 0.2) is 71.6 Å². The first-order chi connectivity index (χ1) is 16.8. The first kappa shape index (κ1) is 24.9. The molecule has 3 amide bonds. The molecule has 9 heteroatoms.